The molecule has 2 aromatic rings. The van der Waals surface area contributed by atoms with Crippen LogP contribution in [0.5, 0.6) is 0 Å². The van der Waals surface area contributed by atoms with Crippen molar-refractivity contribution in [2.45, 2.75) is 32.6 Å². The number of aliphatic hydroxyl groups is 1. The van der Waals surface area contributed by atoms with Gasteiger partial charge in [0.2, 0.25) is 0 Å². The van der Waals surface area contributed by atoms with Gasteiger partial charge in [0.05, 0.1) is 24.5 Å². The lowest BCUT2D eigenvalue weighted by molar-refractivity contribution is -0.0974. The van der Waals surface area contributed by atoms with E-state index in [0.717, 1.165) is 31.0 Å². The van der Waals surface area contributed by atoms with Gasteiger partial charge in [-0.1, -0.05) is 6.07 Å². The molecule has 1 fully saturated rings. The molecular weight excluding hydrogens is 254 g/mol. The van der Waals surface area contributed by atoms with E-state index in [2.05, 4.69) is 28.5 Å². The number of aliphatic hydroxyl groups excluding tert-OH is 1. The molecule has 3 heterocycles. The molecule has 3 rings (SSSR count). The van der Waals surface area contributed by atoms with Crippen LogP contribution in [-0.4, -0.2) is 51.3 Å². The minimum atomic E-state index is -0.0856. The van der Waals surface area contributed by atoms with Crippen molar-refractivity contribution >= 4 is 5.65 Å². The molecule has 2 aromatic heterocycles. The van der Waals surface area contributed by atoms with Gasteiger partial charge in [0.1, 0.15) is 5.65 Å². The zero-order valence-electron chi connectivity index (χ0n) is 12.0. The van der Waals surface area contributed by atoms with E-state index in [4.69, 9.17) is 9.72 Å². The van der Waals surface area contributed by atoms with E-state index in [0.29, 0.717) is 0 Å². The van der Waals surface area contributed by atoms with Crippen molar-refractivity contribution in [3.63, 3.8) is 0 Å². The molecule has 1 saturated heterocycles. The molecule has 0 amide bonds. The molecule has 0 radical (unpaired) electrons. The molecule has 0 bridgehead atoms. The number of hydrogen-bond donors (Lipinski definition) is 1. The van der Waals surface area contributed by atoms with Crippen molar-refractivity contribution in [2.24, 2.45) is 0 Å². The Hall–Kier alpha value is -1.43. The number of pyridine rings is 1. The summed E-state index contributed by atoms with van der Waals surface area (Å²) in [5.41, 5.74) is 3.26. The van der Waals surface area contributed by atoms with E-state index in [-0.39, 0.29) is 18.8 Å². The van der Waals surface area contributed by atoms with Gasteiger partial charge in [-0.15, -0.1) is 0 Å². The molecule has 2 atom stereocenters. The Labute approximate surface area is 118 Å². The Morgan fingerprint density at radius 1 is 1.45 bits per heavy atom. The average molecular weight is 275 g/mol. The molecular formula is C15H21N3O2. The minimum Gasteiger partial charge on any atom is -0.394 e. The highest BCUT2D eigenvalue weighted by atomic mass is 16.5. The van der Waals surface area contributed by atoms with Crippen molar-refractivity contribution < 1.29 is 9.84 Å². The van der Waals surface area contributed by atoms with Gasteiger partial charge in [-0.3, -0.25) is 4.90 Å². The van der Waals surface area contributed by atoms with Crippen LogP contribution < -0.4 is 0 Å². The van der Waals surface area contributed by atoms with Crippen LogP contribution in [0.25, 0.3) is 5.65 Å². The van der Waals surface area contributed by atoms with Crippen molar-refractivity contribution in [3.05, 3.63) is 35.8 Å². The number of rotatable bonds is 3. The first-order chi connectivity index (χ1) is 9.65. The van der Waals surface area contributed by atoms with Crippen molar-refractivity contribution in [1.82, 2.24) is 14.3 Å². The van der Waals surface area contributed by atoms with Crippen LogP contribution in [0.3, 0.4) is 0 Å². The van der Waals surface area contributed by atoms with E-state index in [9.17, 15) is 5.11 Å². The third-order valence-corrected chi connectivity index (χ3v) is 3.72. The minimum absolute atomic E-state index is 0.0745. The van der Waals surface area contributed by atoms with Crippen LogP contribution in [0.15, 0.2) is 24.5 Å². The monoisotopic (exact) mass is 275 g/mol. The van der Waals surface area contributed by atoms with E-state index in [1.54, 1.807) is 0 Å². The summed E-state index contributed by atoms with van der Waals surface area (Å²) < 4.78 is 7.73. The Morgan fingerprint density at radius 3 is 3.05 bits per heavy atom. The summed E-state index contributed by atoms with van der Waals surface area (Å²) in [4.78, 5) is 7.00. The number of morpholine rings is 1. The second-order valence-corrected chi connectivity index (χ2v) is 5.60. The van der Waals surface area contributed by atoms with Gasteiger partial charge >= 0.3 is 0 Å². The number of aryl methyl sites for hydroxylation is 1. The second kappa shape index (κ2) is 5.52. The summed E-state index contributed by atoms with van der Waals surface area (Å²) in [7, 11) is 0. The Balaban J connectivity index is 1.77. The maximum atomic E-state index is 9.27. The predicted octanol–water partition coefficient (Wildman–Crippen LogP) is 1.22. The van der Waals surface area contributed by atoms with Crippen LogP contribution in [0, 0.1) is 6.92 Å². The molecule has 5 nitrogen and oxygen atoms in total. The summed E-state index contributed by atoms with van der Waals surface area (Å²) in [5, 5.41) is 9.27. The van der Waals surface area contributed by atoms with Gasteiger partial charge in [0.15, 0.2) is 0 Å². The lowest BCUT2D eigenvalue weighted by Gasteiger charge is -2.35. The summed E-state index contributed by atoms with van der Waals surface area (Å²) in [6, 6.07) is 4.11. The van der Waals surface area contributed by atoms with Crippen LogP contribution in [0.4, 0.5) is 0 Å². The third kappa shape index (κ3) is 2.70. The van der Waals surface area contributed by atoms with Crippen molar-refractivity contribution in [1.29, 1.82) is 0 Å². The van der Waals surface area contributed by atoms with Gasteiger partial charge in [0, 0.05) is 32.0 Å². The lowest BCUT2D eigenvalue weighted by atomic mass is 10.2. The smallest absolute Gasteiger partial charge is 0.139 e. The normalized spacial score (nSPS) is 24.4. The molecule has 108 valence electrons. The van der Waals surface area contributed by atoms with E-state index < -0.39 is 0 Å². The Kier molecular flexibility index (Phi) is 3.74. The van der Waals surface area contributed by atoms with Gasteiger partial charge in [0.25, 0.3) is 0 Å². The van der Waals surface area contributed by atoms with Gasteiger partial charge in [-0.05, 0) is 25.5 Å². The highest BCUT2D eigenvalue weighted by molar-refractivity contribution is 5.47. The van der Waals surface area contributed by atoms with E-state index >= 15 is 0 Å². The maximum Gasteiger partial charge on any atom is 0.139 e. The van der Waals surface area contributed by atoms with Crippen molar-refractivity contribution in [3.8, 4) is 0 Å². The fraction of sp³-hybridized carbons (Fsp3) is 0.533. The van der Waals surface area contributed by atoms with Gasteiger partial charge in [-0.25, -0.2) is 4.98 Å². The number of nitrogens with zero attached hydrogens (tertiary/aromatic N) is 3. The SMILES string of the molecule is Cc1cccn2cc(CN3CC(C)OC(CO)C3)nc12. The van der Waals surface area contributed by atoms with Crippen LogP contribution in [0.2, 0.25) is 0 Å². The average Bonchev–Trinajstić information content (AvgIpc) is 2.82. The number of ether oxygens (including phenoxy) is 1. The summed E-state index contributed by atoms with van der Waals surface area (Å²) in [6.07, 6.45) is 4.17. The quantitative estimate of drug-likeness (QED) is 0.915. The molecule has 5 heteroatoms. The second-order valence-electron chi connectivity index (χ2n) is 5.60. The number of aromatic nitrogens is 2. The first-order valence-corrected chi connectivity index (χ1v) is 7.07. The molecule has 0 aromatic carbocycles. The molecule has 1 aliphatic rings. The highest BCUT2D eigenvalue weighted by Crippen LogP contribution is 2.15. The summed E-state index contributed by atoms with van der Waals surface area (Å²) in [6.45, 7) is 6.63. The molecule has 2 unspecified atom stereocenters. The summed E-state index contributed by atoms with van der Waals surface area (Å²) in [5.74, 6) is 0. The molecule has 0 spiro atoms. The fourth-order valence-electron chi connectivity index (χ4n) is 2.88. The predicted molar refractivity (Wildman–Crippen MR) is 76.6 cm³/mol. The molecule has 1 N–H and O–H groups in total. The van der Waals surface area contributed by atoms with Gasteiger partial charge < -0.3 is 14.2 Å². The first-order valence-electron chi connectivity index (χ1n) is 7.07. The zero-order chi connectivity index (χ0) is 14.1. The highest BCUT2D eigenvalue weighted by Gasteiger charge is 2.25. The fourth-order valence-corrected chi connectivity index (χ4v) is 2.88. The van der Waals surface area contributed by atoms with Gasteiger partial charge in [-0.2, -0.15) is 0 Å². The molecule has 0 aliphatic carbocycles. The topological polar surface area (TPSA) is 50.0 Å². The van der Waals surface area contributed by atoms with Crippen LogP contribution >= 0.6 is 0 Å². The summed E-state index contributed by atoms with van der Waals surface area (Å²) >= 11 is 0. The molecule has 0 saturated carbocycles. The van der Waals surface area contributed by atoms with Crippen molar-refractivity contribution in [2.75, 3.05) is 19.7 Å². The van der Waals surface area contributed by atoms with Crippen LogP contribution in [-0.2, 0) is 11.3 Å². The first kappa shape index (κ1) is 13.5. The standard InChI is InChI=1S/C15H21N3O2/c1-11-4-3-5-18-8-13(16-15(11)18)7-17-6-12(2)20-14(9-17)10-19/h3-5,8,12,14,19H,6-7,9-10H2,1-2H3. The van der Waals surface area contributed by atoms with E-state index in [1.807, 2.05) is 19.2 Å². The number of imidazole rings is 1. The largest absolute Gasteiger partial charge is 0.394 e. The van der Waals surface area contributed by atoms with E-state index in [1.165, 1.54) is 5.56 Å². The lowest BCUT2D eigenvalue weighted by Crippen LogP contribution is -2.47. The third-order valence-electron chi connectivity index (χ3n) is 3.72. The maximum absolute atomic E-state index is 9.27. The molecule has 20 heavy (non-hydrogen) atoms. The van der Waals surface area contributed by atoms with Crippen LogP contribution in [0.1, 0.15) is 18.2 Å². The molecule has 1 aliphatic heterocycles. The zero-order valence-corrected chi connectivity index (χ0v) is 12.0. The Bertz CT molecular complexity index is 596. The number of fused-ring (bicyclic) bond motifs is 1. The Morgan fingerprint density at radius 2 is 2.30 bits per heavy atom. The number of hydrogen-bond acceptors (Lipinski definition) is 4.